The molecule has 0 bridgehead atoms. The fourth-order valence-electron chi connectivity index (χ4n) is 3.84. The Bertz CT molecular complexity index is 928. The van der Waals surface area contributed by atoms with Gasteiger partial charge in [0.25, 0.3) is 5.91 Å². The average Bonchev–Trinajstić information content (AvgIpc) is 2.80. The van der Waals surface area contributed by atoms with Crippen molar-refractivity contribution in [2.75, 3.05) is 27.3 Å². The van der Waals surface area contributed by atoms with E-state index in [4.69, 9.17) is 9.47 Å². The van der Waals surface area contributed by atoms with E-state index in [1.807, 2.05) is 24.3 Å². The van der Waals surface area contributed by atoms with Gasteiger partial charge >= 0.3 is 0 Å². The molecular formula is C25H30N2O3. The van der Waals surface area contributed by atoms with Crippen LogP contribution in [0, 0.1) is 0 Å². The molecule has 2 aromatic rings. The van der Waals surface area contributed by atoms with Crippen LogP contribution in [0.1, 0.15) is 42.1 Å². The van der Waals surface area contributed by atoms with E-state index in [9.17, 15) is 4.79 Å². The van der Waals surface area contributed by atoms with Crippen molar-refractivity contribution < 1.29 is 14.3 Å². The summed E-state index contributed by atoms with van der Waals surface area (Å²) in [5, 5.41) is 3.11. The Balaban J connectivity index is 1.88. The number of rotatable bonds is 8. The van der Waals surface area contributed by atoms with Crippen molar-refractivity contribution in [2.45, 2.75) is 26.2 Å². The molecule has 5 nitrogen and oxygen atoms in total. The summed E-state index contributed by atoms with van der Waals surface area (Å²) in [7, 11) is 3.31. The second kappa shape index (κ2) is 10.0. The Morgan fingerprint density at radius 2 is 1.73 bits per heavy atom. The lowest BCUT2D eigenvalue weighted by molar-refractivity contribution is 0.0965. The summed E-state index contributed by atoms with van der Waals surface area (Å²) in [5.41, 5.74) is 3.75. The molecule has 1 atom stereocenters. The minimum atomic E-state index is -0.127. The molecule has 0 saturated carbocycles. The SMILES string of the molecule is CCN(CC)C1=C(NC(=O)c2ccc(OC)cc2)C=CC(c2ccccc2OC)C1. The van der Waals surface area contributed by atoms with E-state index in [1.54, 1.807) is 38.5 Å². The van der Waals surface area contributed by atoms with Crippen molar-refractivity contribution >= 4 is 5.91 Å². The lowest BCUT2D eigenvalue weighted by Gasteiger charge is -2.32. The quantitative estimate of drug-likeness (QED) is 0.689. The zero-order valence-electron chi connectivity index (χ0n) is 18.1. The first-order chi connectivity index (χ1) is 14.6. The highest BCUT2D eigenvalue weighted by molar-refractivity contribution is 5.95. The van der Waals surface area contributed by atoms with Gasteiger partial charge in [-0.1, -0.05) is 24.3 Å². The number of ether oxygens (including phenoxy) is 2. The van der Waals surface area contributed by atoms with Crippen LogP contribution >= 0.6 is 0 Å². The second-order valence-corrected chi connectivity index (χ2v) is 7.13. The predicted octanol–water partition coefficient (Wildman–Crippen LogP) is 4.73. The van der Waals surface area contributed by atoms with Crippen molar-refractivity contribution in [3.05, 3.63) is 83.2 Å². The van der Waals surface area contributed by atoms with E-state index in [-0.39, 0.29) is 11.8 Å². The first-order valence-corrected chi connectivity index (χ1v) is 10.4. The van der Waals surface area contributed by atoms with Gasteiger partial charge in [-0.25, -0.2) is 0 Å². The molecule has 1 amide bonds. The molecule has 30 heavy (non-hydrogen) atoms. The number of amides is 1. The third-order valence-corrected chi connectivity index (χ3v) is 5.50. The van der Waals surface area contributed by atoms with Gasteiger partial charge in [0.05, 0.1) is 19.9 Å². The number of allylic oxidation sites excluding steroid dienone is 3. The lowest BCUT2D eigenvalue weighted by Crippen LogP contribution is -2.32. The van der Waals surface area contributed by atoms with Crippen LogP contribution in [0.15, 0.2) is 72.1 Å². The fraction of sp³-hybridized carbons (Fsp3) is 0.320. The molecule has 1 N–H and O–H groups in total. The van der Waals surface area contributed by atoms with Crippen LogP contribution < -0.4 is 14.8 Å². The van der Waals surface area contributed by atoms with E-state index in [2.05, 4.69) is 36.2 Å². The van der Waals surface area contributed by atoms with Crippen LogP contribution in [0.25, 0.3) is 0 Å². The monoisotopic (exact) mass is 406 g/mol. The zero-order valence-corrected chi connectivity index (χ0v) is 18.1. The van der Waals surface area contributed by atoms with Gasteiger partial charge in [0, 0.05) is 35.8 Å². The van der Waals surface area contributed by atoms with E-state index in [0.717, 1.165) is 48.0 Å². The molecule has 1 aliphatic carbocycles. The molecule has 0 aromatic heterocycles. The highest BCUT2D eigenvalue weighted by atomic mass is 16.5. The topological polar surface area (TPSA) is 50.8 Å². The van der Waals surface area contributed by atoms with E-state index >= 15 is 0 Å². The van der Waals surface area contributed by atoms with Gasteiger partial charge < -0.3 is 19.7 Å². The minimum Gasteiger partial charge on any atom is -0.497 e. The number of hydrogen-bond donors (Lipinski definition) is 1. The van der Waals surface area contributed by atoms with Crippen LogP contribution in [-0.4, -0.2) is 38.1 Å². The smallest absolute Gasteiger partial charge is 0.255 e. The summed E-state index contributed by atoms with van der Waals surface area (Å²) in [6.07, 6.45) is 4.97. The summed E-state index contributed by atoms with van der Waals surface area (Å²) in [6, 6.07) is 15.3. The van der Waals surface area contributed by atoms with Crippen molar-refractivity contribution in [2.24, 2.45) is 0 Å². The van der Waals surface area contributed by atoms with Gasteiger partial charge in [-0.15, -0.1) is 0 Å². The number of carbonyl (C=O) groups excluding carboxylic acids is 1. The number of carbonyl (C=O) groups is 1. The number of methoxy groups -OCH3 is 2. The molecule has 2 aromatic carbocycles. The Morgan fingerprint density at radius 1 is 1.03 bits per heavy atom. The maximum atomic E-state index is 12.9. The Hall–Kier alpha value is -3.21. The Labute approximate surface area is 179 Å². The molecule has 3 rings (SSSR count). The Kier molecular flexibility index (Phi) is 7.17. The molecule has 1 aliphatic rings. The van der Waals surface area contributed by atoms with Crippen LogP contribution in [-0.2, 0) is 0 Å². The van der Waals surface area contributed by atoms with Gasteiger partial charge in [-0.2, -0.15) is 0 Å². The standard InChI is InChI=1S/C25H30N2O3/c1-5-27(6-2)23-17-19(21-9-7-8-10-24(21)30-4)13-16-22(23)26-25(28)18-11-14-20(29-3)15-12-18/h7-16,19H,5-6,17H2,1-4H3,(H,26,28). The molecular weight excluding hydrogens is 376 g/mol. The van der Waals surface area contributed by atoms with Gasteiger partial charge in [0.15, 0.2) is 0 Å². The number of nitrogens with one attached hydrogen (secondary N) is 1. The van der Waals surface area contributed by atoms with Gasteiger partial charge in [0.2, 0.25) is 0 Å². The molecule has 1 unspecified atom stereocenters. The summed E-state index contributed by atoms with van der Waals surface area (Å²) in [6.45, 7) is 6.02. The molecule has 0 heterocycles. The molecule has 158 valence electrons. The zero-order chi connectivity index (χ0) is 21.5. The molecule has 0 saturated heterocycles. The highest BCUT2D eigenvalue weighted by Gasteiger charge is 2.24. The fourth-order valence-corrected chi connectivity index (χ4v) is 3.84. The van der Waals surface area contributed by atoms with Gasteiger partial charge in [-0.3, -0.25) is 4.79 Å². The summed E-state index contributed by atoms with van der Waals surface area (Å²) in [4.78, 5) is 15.2. The first-order valence-electron chi connectivity index (χ1n) is 10.4. The van der Waals surface area contributed by atoms with Crippen molar-refractivity contribution in [1.82, 2.24) is 10.2 Å². The van der Waals surface area contributed by atoms with Gasteiger partial charge in [-0.05, 0) is 56.7 Å². The van der Waals surface area contributed by atoms with Gasteiger partial charge in [0.1, 0.15) is 11.5 Å². The van der Waals surface area contributed by atoms with E-state index < -0.39 is 0 Å². The molecule has 0 spiro atoms. The maximum Gasteiger partial charge on any atom is 0.255 e. The second-order valence-electron chi connectivity index (χ2n) is 7.13. The Morgan fingerprint density at radius 3 is 2.37 bits per heavy atom. The van der Waals surface area contributed by atoms with E-state index in [1.165, 1.54) is 0 Å². The van der Waals surface area contributed by atoms with Crippen LogP contribution in [0.2, 0.25) is 0 Å². The third kappa shape index (κ3) is 4.67. The minimum absolute atomic E-state index is 0.127. The highest BCUT2D eigenvalue weighted by Crippen LogP contribution is 2.36. The van der Waals surface area contributed by atoms with Crippen molar-refractivity contribution in [3.63, 3.8) is 0 Å². The predicted molar refractivity (Wildman–Crippen MR) is 120 cm³/mol. The maximum absolute atomic E-state index is 12.9. The number of para-hydroxylation sites is 1. The summed E-state index contributed by atoms with van der Waals surface area (Å²) < 4.78 is 10.8. The number of nitrogens with zero attached hydrogens (tertiary/aromatic N) is 1. The van der Waals surface area contributed by atoms with E-state index in [0.29, 0.717) is 5.56 Å². The normalized spacial score (nSPS) is 15.7. The molecule has 0 aliphatic heterocycles. The lowest BCUT2D eigenvalue weighted by atomic mass is 9.88. The largest absolute Gasteiger partial charge is 0.497 e. The van der Waals surface area contributed by atoms with Crippen LogP contribution in [0.5, 0.6) is 11.5 Å². The average molecular weight is 407 g/mol. The number of hydrogen-bond acceptors (Lipinski definition) is 4. The molecule has 0 fully saturated rings. The summed E-state index contributed by atoms with van der Waals surface area (Å²) in [5.74, 6) is 1.68. The van der Waals surface area contributed by atoms with Crippen LogP contribution in [0.3, 0.4) is 0 Å². The number of benzene rings is 2. The third-order valence-electron chi connectivity index (χ3n) is 5.50. The van der Waals surface area contributed by atoms with Crippen molar-refractivity contribution in [3.8, 4) is 11.5 Å². The summed E-state index contributed by atoms with van der Waals surface area (Å²) >= 11 is 0. The first kappa shape index (κ1) is 21.5. The molecule has 0 radical (unpaired) electrons. The molecule has 5 heteroatoms. The van der Waals surface area contributed by atoms with Crippen molar-refractivity contribution in [1.29, 1.82) is 0 Å². The van der Waals surface area contributed by atoms with Crippen LogP contribution in [0.4, 0.5) is 0 Å².